The molecule has 1 rings (SSSR count). The molecule has 1 heterocycles. The van der Waals surface area contributed by atoms with E-state index in [0.29, 0.717) is 6.61 Å². The Balaban J connectivity index is 2.50. The third-order valence-corrected chi connectivity index (χ3v) is 2.12. The molecule has 1 unspecified atom stereocenters. The molecule has 0 aliphatic carbocycles. The van der Waals surface area contributed by atoms with Crippen LogP contribution in [0.2, 0.25) is 0 Å². The second-order valence-electron chi connectivity index (χ2n) is 3.81. The number of carbonyl (C=O) groups excluding carboxylic acids is 1. The van der Waals surface area contributed by atoms with Crippen LogP contribution in [0.1, 0.15) is 33.6 Å². The molecule has 1 aliphatic heterocycles. The lowest BCUT2D eigenvalue weighted by atomic mass is 10.0. The van der Waals surface area contributed by atoms with E-state index in [2.05, 4.69) is 5.32 Å². The molecule has 1 amide bonds. The quantitative estimate of drug-likeness (QED) is 0.675. The van der Waals surface area contributed by atoms with Gasteiger partial charge in [-0.3, -0.25) is 4.79 Å². The van der Waals surface area contributed by atoms with E-state index in [1.54, 1.807) is 0 Å². The summed E-state index contributed by atoms with van der Waals surface area (Å²) in [6.07, 6.45) is 1.83. The van der Waals surface area contributed by atoms with Crippen LogP contribution in [0.15, 0.2) is 0 Å². The van der Waals surface area contributed by atoms with Crippen molar-refractivity contribution >= 4 is 5.91 Å². The molecule has 0 bridgehead atoms. The summed E-state index contributed by atoms with van der Waals surface area (Å²) in [5.41, 5.74) is -0.565. The highest BCUT2D eigenvalue weighted by atomic mass is 16.5. The Hall–Kier alpha value is -0.570. The van der Waals surface area contributed by atoms with Crippen molar-refractivity contribution in [1.82, 2.24) is 5.32 Å². The maximum absolute atomic E-state index is 11.5. The molecule has 1 N–H and O–H groups in total. The highest BCUT2D eigenvalue weighted by Gasteiger charge is 2.37. The Bertz CT molecular complexity index is 171. The smallest absolute Gasteiger partial charge is 0.252 e. The fourth-order valence-corrected chi connectivity index (χ4v) is 1.37. The van der Waals surface area contributed by atoms with Gasteiger partial charge in [0, 0.05) is 12.6 Å². The molecule has 1 aliphatic rings. The predicted octanol–water partition coefficient (Wildman–Crippen LogP) is 1.08. The standard InChI is InChI=1S/C9H17NO2/c1-7(2)10-8(11)9(3)5-4-6-12-9/h7H,4-6H2,1-3H3,(H,10,11). The van der Waals surface area contributed by atoms with Gasteiger partial charge in [-0.1, -0.05) is 0 Å². The number of hydrogen-bond acceptors (Lipinski definition) is 2. The van der Waals surface area contributed by atoms with Gasteiger partial charge in [-0.2, -0.15) is 0 Å². The first-order chi connectivity index (χ1) is 5.54. The molecular formula is C9H17NO2. The Morgan fingerprint density at radius 1 is 1.58 bits per heavy atom. The fourth-order valence-electron chi connectivity index (χ4n) is 1.37. The Kier molecular flexibility index (Phi) is 2.73. The molecule has 0 radical (unpaired) electrons. The summed E-state index contributed by atoms with van der Waals surface area (Å²) in [6.45, 7) is 6.48. The average Bonchev–Trinajstić information content (AvgIpc) is 2.36. The van der Waals surface area contributed by atoms with Crippen molar-refractivity contribution in [2.24, 2.45) is 0 Å². The zero-order valence-electron chi connectivity index (χ0n) is 8.02. The third kappa shape index (κ3) is 1.97. The zero-order valence-corrected chi connectivity index (χ0v) is 8.02. The molecule has 1 saturated heterocycles. The highest BCUT2D eigenvalue weighted by Crippen LogP contribution is 2.24. The van der Waals surface area contributed by atoms with Crippen LogP contribution in [0.3, 0.4) is 0 Å². The lowest BCUT2D eigenvalue weighted by Crippen LogP contribution is -2.46. The summed E-state index contributed by atoms with van der Waals surface area (Å²) in [7, 11) is 0. The molecule has 12 heavy (non-hydrogen) atoms. The zero-order chi connectivity index (χ0) is 9.19. The first-order valence-corrected chi connectivity index (χ1v) is 4.49. The second kappa shape index (κ2) is 3.44. The van der Waals surface area contributed by atoms with Crippen molar-refractivity contribution in [2.75, 3.05) is 6.61 Å². The minimum atomic E-state index is -0.565. The van der Waals surface area contributed by atoms with Gasteiger partial charge in [0.15, 0.2) is 0 Å². The van der Waals surface area contributed by atoms with Gasteiger partial charge in [0.1, 0.15) is 5.60 Å². The van der Waals surface area contributed by atoms with Crippen molar-refractivity contribution in [3.8, 4) is 0 Å². The minimum Gasteiger partial charge on any atom is -0.365 e. The topological polar surface area (TPSA) is 38.3 Å². The second-order valence-corrected chi connectivity index (χ2v) is 3.81. The maximum Gasteiger partial charge on any atom is 0.252 e. The summed E-state index contributed by atoms with van der Waals surface area (Å²) < 4.78 is 5.39. The van der Waals surface area contributed by atoms with E-state index in [9.17, 15) is 4.79 Å². The van der Waals surface area contributed by atoms with Crippen molar-refractivity contribution in [2.45, 2.75) is 45.3 Å². The van der Waals surface area contributed by atoms with E-state index in [1.165, 1.54) is 0 Å². The van der Waals surface area contributed by atoms with Crippen molar-refractivity contribution in [3.63, 3.8) is 0 Å². The number of carbonyl (C=O) groups is 1. The molecule has 1 fully saturated rings. The van der Waals surface area contributed by atoms with Crippen LogP contribution in [0, 0.1) is 0 Å². The Labute approximate surface area is 73.5 Å². The van der Waals surface area contributed by atoms with E-state index < -0.39 is 5.60 Å². The van der Waals surface area contributed by atoms with Gasteiger partial charge in [-0.05, 0) is 33.6 Å². The van der Waals surface area contributed by atoms with Gasteiger partial charge in [-0.15, -0.1) is 0 Å². The van der Waals surface area contributed by atoms with Gasteiger partial charge in [0.05, 0.1) is 0 Å². The van der Waals surface area contributed by atoms with E-state index in [0.717, 1.165) is 12.8 Å². The van der Waals surface area contributed by atoms with Crippen LogP contribution in [-0.2, 0) is 9.53 Å². The molecule has 0 aromatic heterocycles. The maximum atomic E-state index is 11.5. The molecule has 3 nitrogen and oxygen atoms in total. The van der Waals surface area contributed by atoms with E-state index in [-0.39, 0.29) is 11.9 Å². The first kappa shape index (κ1) is 9.52. The predicted molar refractivity (Wildman–Crippen MR) is 46.9 cm³/mol. The van der Waals surface area contributed by atoms with Crippen LogP contribution in [0.5, 0.6) is 0 Å². The van der Waals surface area contributed by atoms with Crippen LogP contribution < -0.4 is 5.32 Å². The van der Waals surface area contributed by atoms with Crippen LogP contribution in [0.4, 0.5) is 0 Å². The van der Waals surface area contributed by atoms with Gasteiger partial charge < -0.3 is 10.1 Å². The molecule has 70 valence electrons. The SMILES string of the molecule is CC(C)NC(=O)C1(C)CCCO1. The normalized spacial score (nSPS) is 29.3. The average molecular weight is 171 g/mol. The van der Waals surface area contributed by atoms with E-state index in [4.69, 9.17) is 4.74 Å². The third-order valence-electron chi connectivity index (χ3n) is 2.12. The van der Waals surface area contributed by atoms with Gasteiger partial charge >= 0.3 is 0 Å². The van der Waals surface area contributed by atoms with E-state index in [1.807, 2.05) is 20.8 Å². The first-order valence-electron chi connectivity index (χ1n) is 4.49. The number of hydrogen-bond donors (Lipinski definition) is 1. The summed E-state index contributed by atoms with van der Waals surface area (Å²) in [6, 6.07) is 0.193. The molecular weight excluding hydrogens is 154 g/mol. The minimum absolute atomic E-state index is 0.0231. The molecule has 1 atom stereocenters. The number of rotatable bonds is 2. The fraction of sp³-hybridized carbons (Fsp3) is 0.889. The molecule has 0 aromatic carbocycles. The summed E-state index contributed by atoms with van der Waals surface area (Å²) in [4.78, 5) is 11.5. The Morgan fingerprint density at radius 3 is 2.67 bits per heavy atom. The van der Waals surface area contributed by atoms with Crippen LogP contribution in [-0.4, -0.2) is 24.2 Å². The summed E-state index contributed by atoms with van der Waals surface area (Å²) in [5.74, 6) is 0.0231. The van der Waals surface area contributed by atoms with Gasteiger partial charge in [-0.25, -0.2) is 0 Å². The molecule has 0 spiro atoms. The lowest BCUT2D eigenvalue weighted by molar-refractivity contribution is -0.140. The molecule has 0 saturated carbocycles. The summed E-state index contributed by atoms with van der Waals surface area (Å²) >= 11 is 0. The van der Waals surface area contributed by atoms with Gasteiger partial charge in [0.25, 0.3) is 5.91 Å². The van der Waals surface area contributed by atoms with Crippen LogP contribution in [0.25, 0.3) is 0 Å². The number of nitrogens with one attached hydrogen (secondary N) is 1. The van der Waals surface area contributed by atoms with Gasteiger partial charge in [0.2, 0.25) is 0 Å². The monoisotopic (exact) mass is 171 g/mol. The molecule has 3 heteroatoms. The molecule has 0 aromatic rings. The number of ether oxygens (including phenoxy) is 1. The largest absolute Gasteiger partial charge is 0.365 e. The van der Waals surface area contributed by atoms with E-state index >= 15 is 0 Å². The van der Waals surface area contributed by atoms with Crippen LogP contribution >= 0.6 is 0 Å². The lowest BCUT2D eigenvalue weighted by Gasteiger charge is -2.23. The Morgan fingerprint density at radius 2 is 2.25 bits per heavy atom. The highest BCUT2D eigenvalue weighted by molar-refractivity contribution is 5.85. The summed E-state index contributed by atoms with van der Waals surface area (Å²) in [5, 5.41) is 2.86. The number of amides is 1. The van der Waals surface area contributed by atoms with Crippen molar-refractivity contribution in [3.05, 3.63) is 0 Å². The van der Waals surface area contributed by atoms with Crippen molar-refractivity contribution < 1.29 is 9.53 Å². The van der Waals surface area contributed by atoms with Crippen molar-refractivity contribution in [1.29, 1.82) is 0 Å².